The van der Waals surface area contributed by atoms with Gasteiger partial charge in [0.2, 0.25) is 5.91 Å². The molecular formula is C20H21NO5. The summed E-state index contributed by atoms with van der Waals surface area (Å²) in [6.07, 6.45) is 0.146. The predicted octanol–water partition coefficient (Wildman–Crippen LogP) is 3.31. The van der Waals surface area contributed by atoms with Gasteiger partial charge in [-0.2, -0.15) is 0 Å². The number of aliphatic carboxylic acids is 1. The van der Waals surface area contributed by atoms with Crippen LogP contribution in [0.5, 0.6) is 5.75 Å². The molecule has 0 aliphatic carbocycles. The highest BCUT2D eigenvalue weighted by atomic mass is 16.5. The van der Waals surface area contributed by atoms with E-state index in [1.165, 1.54) is 20.8 Å². The minimum atomic E-state index is -1.33. The fourth-order valence-corrected chi connectivity index (χ4v) is 2.22. The summed E-state index contributed by atoms with van der Waals surface area (Å²) in [7, 11) is 0. The maximum atomic E-state index is 12.2. The normalized spacial score (nSPS) is 10.9. The molecule has 0 unspecified atom stereocenters. The fraction of sp³-hybridized carbons (Fsp3) is 0.250. The zero-order valence-corrected chi connectivity index (χ0v) is 14.9. The average Bonchev–Trinajstić information content (AvgIpc) is 2.56. The molecule has 2 aromatic carbocycles. The summed E-state index contributed by atoms with van der Waals surface area (Å²) in [6.45, 7) is 4.40. The Morgan fingerprint density at radius 2 is 1.73 bits per heavy atom. The summed E-state index contributed by atoms with van der Waals surface area (Å²) >= 11 is 0. The van der Waals surface area contributed by atoms with Crippen molar-refractivity contribution >= 4 is 23.3 Å². The minimum absolute atomic E-state index is 0.0685. The van der Waals surface area contributed by atoms with E-state index in [0.717, 1.165) is 5.56 Å². The molecule has 6 nitrogen and oxygen atoms in total. The fourth-order valence-electron chi connectivity index (χ4n) is 2.22. The van der Waals surface area contributed by atoms with Crippen molar-refractivity contribution in [1.29, 1.82) is 0 Å². The number of amides is 1. The highest BCUT2D eigenvalue weighted by Gasteiger charge is 2.29. The lowest BCUT2D eigenvalue weighted by Gasteiger charge is -2.21. The molecule has 0 heterocycles. The quantitative estimate of drug-likeness (QED) is 0.743. The third-order valence-electron chi connectivity index (χ3n) is 3.73. The Kier molecular flexibility index (Phi) is 5.77. The van der Waals surface area contributed by atoms with Crippen LogP contribution >= 0.6 is 0 Å². The minimum Gasteiger partial charge on any atom is -0.478 e. The third-order valence-corrected chi connectivity index (χ3v) is 3.73. The van der Waals surface area contributed by atoms with Crippen LogP contribution in [0.1, 0.15) is 36.7 Å². The van der Waals surface area contributed by atoms with E-state index in [1.54, 1.807) is 48.5 Å². The largest absolute Gasteiger partial charge is 0.478 e. The van der Waals surface area contributed by atoms with Crippen molar-refractivity contribution in [3.05, 3.63) is 59.7 Å². The van der Waals surface area contributed by atoms with Crippen molar-refractivity contribution < 1.29 is 24.2 Å². The van der Waals surface area contributed by atoms with Crippen LogP contribution in [0.25, 0.3) is 0 Å². The number of rotatable bonds is 7. The van der Waals surface area contributed by atoms with E-state index in [9.17, 15) is 14.4 Å². The van der Waals surface area contributed by atoms with Crippen molar-refractivity contribution in [2.24, 2.45) is 0 Å². The molecule has 2 N–H and O–H groups in total. The van der Waals surface area contributed by atoms with Gasteiger partial charge in [-0.05, 0) is 50.6 Å². The monoisotopic (exact) mass is 355 g/mol. The first-order valence-electron chi connectivity index (χ1n) is 8.09. The molecule has 0 aliphatic rings. The Morgan fingerprint density at radius 1 is 1.08 bits per heavy atom. The number of hydrogen-bond acceptors (Lipinski definition) is 4. The van der Waals surface area contributed by atoms with Gasteiger partial charge in [0.1, 0.15) is 5.75 Å². The van der Waals surface area contributed by atoms with E-state index >= 15 is 0 Å². The molecule has 136 valence electrons. The van der Waals surface area contributed by atoms with Crippen molar-refractivity contribution in [3.8, 4) is 5.75 Å². The summed E-state index contributed by atoms with van der Waals surface area (Å²) in [5, 5.41) is 11.8. The van der Waals surface area contributed by atoms with Crippen LogP contribution in [0, 0.1) is 0 Å². The predicted molar refractivity (Wildman–Crippen MR) is 97.6 cm³/mol. The van der Waals surface area contributed by atoms with Gasteiger partial charge in [0.15, 0.2) is 11.4 Å². The molecule has 0 spiro atoms. The molecule has 2 rings (SSSR count). The average molecular weight is 355 g/mol. The van der Waals surface area contributed by atoms with Gasteiger partial charge in [-0.1, -0.05) is 24.3 Å². The maximum absolute atomic E-state index is 12.2. The van der Waals surface area contributed by atoms with Gasteiger partial charge in [0, 0.05) is 11.3 Å². The Hall–Kier alpha value is -3.15. The number of carboxylic acids is 1. The lowest BCUT2D eigenvalue weighted by molar-refractivity contribution is -0.152. The van der Waals surface area contributed by atoms with Crippen molar-refractivity contribution in [1.82, 2.24) is 0 Å². The van der Waals surface area contributed by atoms with E-state index in [4.69, 9.17) is 9.84 Å². The number of benzene rings is 2. The van der Waals surface area contributed by atoms with Gasteiger partial charge in [-0.15, -0.1) is 0 Å². The van der Waals surface area contributed by atoms with Crippen LogP contribution in [0.3, 0.4) is 0 Å². The molecule has 26 heavy (non-hydrogen) atoms. The van der Waals surface area contributed by atoms with Gasteiger partial charge in [0.05, 0.1) is 6.42 Å². The molecule has 0 radical (unpaired) electrons. The summed E-state index contributed by atoms with van der Waals surface area (Å²) in [6, 6.07) is 13.4. The number of nitrogens with one attached hydrogen (secondary N) is 1. The summed E-state index contributed by atoms with van der Waals surface area (Å²) in [4.78, 5) is 34.6. The molecule has 0 bridgehead atoms. The number of ketones is 1. The molecular weight excluding hydrogens is 334 g/mol. The van der Waals surface area contributed by atoms with Crippen LogP contribution in [-0.2, 0) is 16.0 Å². The van der Waals surface area contributed by atoms with E-state index in [1.807, 2.05) is 0 Å². The van der Waals surface area contributed by atoms with Gasteiger partial charge in [-0.25, -0.2) is 4.79 Å². The Labute approximate surface area is 151 Å². The summed E-state index contributed by atoms with van der Waals surface area (Å²) < 4.78 is 5.42. The Balaban J connectivity index is 1.98. The second-order valence-corrected chi connectivity index (χ2v) is 6.42. The number of anilines is 1. The van der Waals surface area contributed by atoms with Crippen LogP contribution in [0.2, 0.25) is 0 Å². The topological polar surface area (TPSA) is 92.7 Å². The first-order valence-corrected chi connectivity index (χ1v) is 8.09. The number of ether oxygens (including phenoxy) is 1. The molecule has 0 aromatic heterocycles. The Bertz CT molecular complexity index is 824. The van der Waals surface area contributed by atoms with Crippen LogP contribution in [0.4, 0.5) is 5.69 Å². The second kappa shape index (κ2) is 7.82. The van der Waals surface area contributed by atoms with Gasteiger partial charge in [-0.3, -0.25) is 9.59 Å². The van der Waals surface area contributed by atoms with Gasteiger partial charge in [0.25, 0.3) is 0 Å². The van der Waals surface area contributed by atoms with E-state index < -0.39 is 11.6 Å². The molecule has 0 saturated carbocycles. The lowest BCUT2D eigenvalue weighted by Crippen LogP contribution is -2.37. The summed E-state index contributed by atoms with van der Waals surface area (Å²) in [5.41, 5.74) is 0.516. The van der Waals surface area contributed by atoms with Crippen LogP contribution in [-0.4, -0.2) is 28.4 Å². The zero-order valence-electron chi connectivity index (χ0n) is 14.9. The van der Waals surface area contributed by atoms with E-state index in [-0.39, 0.29) is 18.1 Å². The molecule has 0 fully saturated rings. The molecule has 0 aliphatic heterocycles. The lowest BCUT2D eigenvalue weighted by atomic mass is 10.1. The van der Waals surface area contributed by atoms with Crippen LogP contribution in [0.15, 0.2) is 48.5 Å². The summed E-state index contributed by atoms with van der Waals surface area (Å²) in [5.74, 6) is -0.935. The number of carbonyl (C=O) groups excluding carboxylic acids is 2. The van der Waals surface area contributed by atoms with Crippen molar-refractivity contribution in [3.63, 3.8) is 0 Å². The third kappa shape index (κ3) is 5.17. The Morgan fingerprint density at radius 3 is 2.31 bits per heavy atom. The zero-order chi connectivity index (χ0) is 19.3. The van der Waals surface area contributed by atoms with Crippen molar-refractivity contribution in [2.45, 2.75) is 32.8 Å². The highest BCUT2D eigenvalue weighted by Crippen LogP contribution is 2.20. The second-order valence-electron chi connectivity index (χ2n) is 6.42. The molecule has 6 heteroatoms. The number of hydrogen-bond donors (Lipinski definition) is 2. The first-order chi connectivity index (χ1) is 12.2. The maximum Gasteiger partial charge on any atom is 0.347 e. The van der Waals surface area contributed by atoms with Gasteiger partial charge >= 0.3 is 5.97 Å². The van der Waals surface area contributed by atoms with E-state index in [0.29, 0.717) is 17.0 Å². The number of carbonyl (C=O) groups is 3. The molecule has 0 atom stereocenters. The van der Waals surface area contributed by atoms with E-state index in [2.05, 4.69) is 5.32 Å². The highest BCUT2D eigenvalue weighted by molar-refractivity contribution is 5.97. The molecule has 0 saturated heterocycles. The smallest absolute Gasteiger partial charge is 0.347 e. The SMILES string of the molecule is CC(=O)c1cccc(NC(=O)Cc2ccc(OC(C)(C)C(=O)O)cc2)c1. The van der Waals surface area contributed by atoms with Crippen molar-refractivity contribution in [2.75, 3.05) is 5.32 Å². The van der Waals surface area contributed by atoms with Gasteiger partial charge < -0.3 is 15.2 Å². The molecule has 2 aromatic rings. The number of carboxylic acid groups (broad SMARTS) is 1. The molecule has 1 amide bonds. The standard InChI is InChI=1S/C20H21NO5/c1-13(22)15-5-4-6-16(12-15)21-18(23)11-14-7-9-17(10-8-14)26-20(2,3)19(24)25/h4-10,12H,11H2,1-3H3,(H,21,23)(H,24,25). The number of Topliss-reactive ketones (excluding diaryl/α,β-unsaturated/α-hetero) is 1. The first kappa shape index (κ1) is 19.2. The van der Waals surface area contributed by atoms with Crippen LogP contribution < -0.4 is 10.1 Å².